The van der Waals surface area contributed by atoms with E-state index in [4.69, 9.17) is 0 Å². The first-order valence-corrected chi connectivity index (χ1v) is 7.72. The quantitative estimate of drug-likeness (QED) is 0.788. The summed E-state index contributed by atoms with van der Waals surface area (Å²) in [5, 5.41) is 0. The lowest BCUT2D eigenvalue weighted by Gasteiger charge is -2.15. The molecule has 1 aliphatic rings. The molecule has 1 fully saturated rings. The Labute approximate surface area is 133 Å². The molecule has 6 nitrogen and oxygen atoms in total. The van der Waals surface area contributed by atoms with Gasteiger partial charge in [0.1, 0.15) is 11.5 Å². The van der Waals surface area contributed by atoms with E-state index in [-0.39, 0.29) is 11.8 Å². The maximum Gasteiger partial charge on any atom is 0.274 e. The van der Waals surface area contributed by atoms with Crippen molar-refractivity contribution in [1.29, 1.82) is 0 Å². The maximum absolute atomic E-state index is 12.4. The van der Waals surface area contributed by atoms with Crippen LogP contribution in [0.2, 0.25) is 0 Å². The van der Waals surface area contributed by atoms with Gasteiger partial charge in [0.15, 0.2) is 0 Å². The number of hydrogen-bond donors (Lipinski definition) is 1. The normalized spacial score (nSPS) is 17.8. The number of aryl methyl sites for hydroxylation is 1. The summed E-state index contributed by atoms with van der Waals surface area (Å²) in [7, 11) is 0. The van der Waals surface area contributed by atoms with Gasteiger partial charge in [-0.05, 0) is 31.0 Å². The molecule has 4 rings (SSSR count). The predicted molar refractivity (Wildman–Crippen MR) is 86.1 cm³/mol. The zero-order valence-corrected chi connectivity index (χ0v) is 12.9. The highest BCUT2D eigenvalue weighted by atomic mass is 16.2. The minimum Gasteiger partial charge on any atom is -0.342 e. The third-order valence-corrected chi connectivity index (χ3v) is 4.30. The number of likely N-dealkylation sites (tertiary alicyclic amines) is 1. The largest absolute Gasteiger partial charge is 0.342 e. The zero-order chi connectivity index (χ0) is 15.8. The van der Waals surface area contributed by atoms with Crippen LogP contribution in [-0.2, 0) is 0 Å². The number of imidazole rings is 1. The van der Waals surface area contributed by atoms with E-state index in [2.05, 4.69) is 39.0 Å². The number of hydrogen-bond acceptors (Lipinski definition) is 4. The average molecular weight is 307 g/mol. The van der Waals surface area contributed by atoms with Gasteiger partial charge in [-0.2, -0.15) is 0 Å². The van der Waals surface area contributed by atoms with Gasteiger partial charge in [0, 0.05) is 31.4 Å². The summed E-state index contributed by atoms with van der Waals surface area (Å²) < 4.78 is 0. The summed E-state index contributed by atoms with van der Waals surface area (Å²) in [6.07, 6.45) is 5.53. The number of fused-ring (bicyclic) bond motifs is 1. The molecule has 0 bridgehead atoms. The summed E-state index contributed by atoms with van der Waals surface area (Å²) in [4.78, 5) is 30.4. The van der Waals surface area contributed by atoms with Gasteiger partial charge in [-0.15, -0.1) is 0 Å². The fraction of sp³-hybridized carbons (Fsp3) is 0.294. The molecule has 0 spiro atoms. The number of carbonyl (C=O) groups is 1. The summed E-state index contributed by atoms with van der Waals surface area (Å²) in [5.74, 6) is 1.14. The van der Waals surface area contributed by atoms with Gasteiger partial charge in [-0.25, -0.2) is 9.97 Å². The van der Waals surface area contributed by atoms with E-state index in [1.807, 2.05) is 11.0 Å². The van der Waals surface area contributed by atoms with Crippen LogP contribution in [0.1, 0.15) is 34.2 Å². The van der Waals surface area contributed by atoms with Crippen LogP contribution in [0, 0.1) is 6.92 Å². The Morgan fingerprint density at radius 3 is 3.09 bits per heavy atom. The lowest BCUT2D eigenvalue weighted by molar-refractivity contribution is 0.0784. The van der Waals surface area contributed by atoms with Crippen molar-refractivity contribution in [2.45, 2.75) is 19.3 Å². The Morgan fingerprint density at radius 1 is 1.35 bits per heavy atom. The number of benzene rings is 1. The molecule has 1 aliphatic heterocycles. The Kier molecular flexibility index (Phi) is 3.29. The third-order valence-electron chi connectivity index (χ3n) is 4.30. The molecule has 1 atom stereocenters. The molecule has 6 heteroatoms. The van der Waals surface area contributed by atoms with Gasteiger partial charge in [-0.1, -0.05) is 6.07 Å². The van der Waals surface area contributed by atoms with E-state index < -0.39 is 0 Å². The van der Waals surface area contributed by atoms with Gasteiger partial charge in [0.25, 0.3) is 5.91 Å². The molecule has 0 aliphatic carbocycles. The first-order chi connectivity index (χ1) is 11.2. The second-order valence-electron chi connectivity index (χ2n) is 5.97. The molecule has 0 unspecified atom stereocenters. The SMILES string of the molecule is Cc1ccc2nc([C@H]3CCN(C(=O)c4cnccn4)C3)[nH]c2c1. The first kappa shape index (κ1) is 13.9. The number of aromatic nitrogens is 4. The smallest absolute Gasteiger partial charge is 0.274 e. The summed E-state index contributed by atoms with van der Waals surface area (Å²) in [6, 6.07) is 6.19. The van der Waals surface area contributed by atoms with Crippen LogP contribution < -0.4 is 0 Å². The molecular weight excluding hydrogens is 290 g/mol. The van der Waals surface area contributed by atoms with E-state index in [0.717, 1.165) is 29.8 Å². The predicted octanol–water partition coefficient (Wildman–Crippen LogP) is 2.29. The van der Waals surface area contributed by atoms with Crippen molar-refractivity contribution in [3.8, 4) is 0 Å². The van der Waals surface area contributed by atoms with E-state index in [9.17, 15) is 4.79 Å². The van der Waals surface area contributed by atoms with Crippen molar-refractivity contribution in [2.24, 2.45) is 0 Å². The number of amides is 1. The van der Waals surface area contributed by atoms with Crippen molar-refractivity contribution >= 4 is 16.9 Å². The average Bonchev–Trinajstić information content (AvgIpc) is 3.21. The number of rotatable bonds is 2. The van der Waals surface area contributed by atoms with Gasteiger partial charge in [-0.3, -0.25) is 9.78 Å². The Morgan fingerprint density at radius 2 is 2.26 bits per heavy atom. The Bertz CT molecular complexity index is 858. The minimum absolute atomic E-state index is 0.0624. The lowest BCUT2D eigenvalue weighted by atomic mass is 10.1. The minimum atomic E-state index is -0.0624. The van der Waals surface area contributed by atoms with Gasteiger partial charge in [0.05, 0.1) is 17.2 Å². The highest BCUT2D eigenvalue weighted by Crippen LogP contribution is 2.27. The molecule has 116 valence electrons. The van der Waals surface area contributed by atoms with Gasteiger partial charge >= 0.3 is 0 Å². The summed E-state index contributed by atoms with van der Waals surface area (Å²) >= 11 is 0. The molecule has 1 amide bonds. The summed E-state index contributed by atoms with van der Waals surface area (Å²) in [5.41, 5.74) is 3.63. The van der Waals surface area contributed by atoms with Gasteiger partial charge < -0.3 is 9.88 Å². The highest BCUT2D eigenvalue weighted by Gasteiger charge is 2.30. The van der Waals surface area contributed by atoms with Crippen molar-refractivity contribution in [3.05, 3.63) is 53.9 Å². The molecule has 3 aromatic rings. The lowest BCUT2D eigenvalue weighted by Crippen LogP contribution is -2.29. The van der Waals surface area contributed by atoms with Crippen LogP contribution in [0.5, 0.6) is 0 Å². The van der Waals surface area contributed by atoms with Crippen molar-refractivity contribution in [2.75, 3.05) is 13.1 Å². The number of H-pyrrole nitrogens is 1. The number of aromatic amines is 1. The second kappa shape index (κ2) is 5.46. The molecule has 1 aromatic carbocycles. The first-order valence-electron chi connectivity index (χ1n) is 7.72. The molecule has 2 aromatic heterocycles. The van der Waals surface area contributed by atoms with Crippen LogP contribution in [0.15, 0.2) is 36.8 Å². The van der Waals surface area contributed by atoms with Crippen LogP contribution >= 0.6 is 0 Å². The van der Waals surface area contributed by atoms with Crippen molar-refractivity contribution in [1.82, 2.24) is 24.8 Å². The van der Waals surface area contributed by atoms with Crippen molar-refractivity contribution < 1.29 is 4.79 Å². The maximum atomic E-state index is 12.4. The van der Waals surface area contributed by atoms with E-state index >= 15 is 0 Å². The summed E-state index contributed by atoms with van der Waals surface area (Å²) in [6.45, 7) is 3.45. The highest BCUT2D eigenvalue weighted by molar-refractivity contribution is 5.92. The van der Waals surface area contributed by atoms with Gasteiger partial charge in [0.2, 0.25) is 0 Å². The monoisotopic (exact) mass is 307 g/mol. The molecule has 0 radical (unpaired) electrons. The molecule has 0 saturated carbocycles. The number of nitrogens with one attached hydrogen (secondary N) is 1. The van der Waals surface area contributed by atoms with Crippen LogP contribution in [-0.4, -0.2) is 43.8 Å². The third kappa shape index (κ3) is 2.56. The van der Waals surface area contributed by atoms with Crippen molar-refractivity contribution in [3.63, 3.8) is 0 Å². The molecule has 23 heavy (non-hydrogen) atoms. The van der Waals surface area contributed by atoms with E-state index in [0.29, 0.717) is 12.2 Å². The fourth-order valence-corrected chi connectivity index (χ4v) is 3.08. The second-order valence-corrected chi connectivity index (χ2v) is 5.97. The molecular formula is C17H17N5O. The number of carbonyl (C=O) groups excluding carboxylic acids is 1. The van der Waals surface area contributed by atoms with Crippen LogP contribution in [0.25, 0.3) is 11.0 Å². The van der Waals surface area contributed by atoms with E-state index in [1.54, 1.807) is 12.4 Å². The molecule has 1 N–H and O–H groups in total. The standard InChI is InChI=1S/C17H17N5O/c1-11-2-3-13-14(8-11)21-16(20-13)12-4-7-22(10-12)17(23)15-9-18-5-6-19-15/h2-3,5-6,8-9,12H,4,7,10H2,1H3,(H,20,21)/t12-/m0/s1. The van der Waals surface area contributed by atoms with E-state index in [1.165, 1.54) is 11.8 Å². The fourth-order valence-electron chi connectivity index (χ4n) is 3.08. The number of nitrogens with zero attached hydrogens (tertiary/aromatic N) is 4. The zero-order valence-electron chi connectivity index (χ0n) is 12.9. The van der Waals surface area contributed by atoms with Crippen LogP contribution in [0.3, 0.4) is 0 Å². The molecule has 1 saturated heterocycles. The Balaban J connectivity index is 1.54. The Hall–Kier alpha value is -2.76. The molecule has 3 heterocycles. The topological polar surface area (TPSA) is 74.8 Å². The van der Waals surface area contributed by atoms with Crippen LogP contribution in [0.4, 0.5) is 0 Å².